The zero-order valence-electron chi connectivity index (χ0n) is 11.7. The highest BCUT2D eigenvalue weighted by molar-refractivity contribution is 5.77. The minimum absolute atomic E-state index is 0.112. The average molecular weight is 267 g/mol. The van der Waals surface area contributed by atoms with Gasteiger partial charge in [-0.3, -0.25) is 0 Å². The summed E-state index contributed by atoms with van der Waals surface area (Å²) in [5.74, 6) is 0.605. The molecule has 2 atom stereocenters. The number of likely N-dealkylation sites (tertiary alicyclic amines) is 1. The third-order valence-corrected chi connectivity index (χ3v) is 5.07. The summed E-state index contributed by atoms with van der Waals surface area (Å²) in [5.41, 5.74) is 0. The Balaban J connectivity index is 1.57. The van der Waals surface area contributed by atoms with Crippen molar-refractivity contribution in [1.82, 2.24) is 15.1 Å². The van der Waals surface area contributed by atoms with Crippen LogP contribution in [0.5, 0.6) is 0 Å². The molecule has 0 aromatic rings. The average Bonchev–Trinajstić information content (AvgIpc) is 2.97. The number of aliphatic hydroxyl groups excluding tert-OH is 1. The molecule has 3 fully saturated rings. The number of rotatable bonds is 2. The zero-order chi connectivity index (χ0) is 13.4. The van der Waals surface area contributed by atoms with Crippen molar-refractivity contribution < 1.29 is 9.90 Å². The molecule has 0 bridgehead atoms. The Morgan fingerprint density at radius 2 is 1.89 bits per heavy atom. The Bertz CT molecular complexity index is 342. The standard InChI is InChI=1S/C14H25N3O2/c1-16-7-6-10(8-16)13-9-17(14(19)15-13)11-2-4-12(18)5-3-11/h10-13,18H,2-9H2,1H3,(H,15,19). The molecule has 3 aliphatic rings. The summed E-state index contributed by atoms with van der Waals surface area (Å²) in [7, 11) is 2.15. The number of hydrogen-bond donors (Lipinski definition) is 2. The van der Waals surface area contributed by atoms with Gasteiger partial charge in [-0.1, -0.05) is 0 Å². The van der Waals surface area contributed by atoms with Gasteiger partial charge in [0.2, 0.25) is 0 Å². The van der Waals surface area contributed by atoms with E-state index in [2.05, 4.69) is 17.3 Å². The molecule has 1 saturated carbocycles. The van der Waals surface area contributed by atoms with Gasteiger partial charge in [0, 0.05) is 19.1 Å². The molecule has 2 N–H and O–H groups in total. The first-order valence-electron chi connectivity index (χ1n) is 7.57. The van der Waals surface area contributed by atoms with Crippen LogP contribution in [-0.2, 0) is 0 Å². The van der Waals surface area contributed by atoms with Gasteiger partial charge in [0.15, 0.2) is 0 Å². The number of hydrogen-bond acceptors (Lipinski definition) is 3. The molecule has 5 heteroatoms. The first kappa shape index (κ1) is 13.2. The molecule has 19 heavy (non-hydrogen) atoms. The SMILES string of the molecule is CN1CCC(C2CN(C3CCC(O)CC3)C(=O)N2)C1. The van der Waals surface area contributed by atoms with E-state index in [1.54, 1.807) is 0 Å². The van der Waals surface area contributed by atoms with E-state index in [-0.39, 0.29) is 12.1 Å². The minimum atomic E-state index is -0.152. The Morgan fingerprint density at radius 3 is 2.53 bits per heavy atom. The van der Waals surface area contributed by atoms with Crippen LogP contribution in [0.25, 0.3) is 0 Å². The number of carbonyl (C=O) groups excluding carboxylic acids is 1. The van der Waals surface area contributed by atoms with E-state index >= 15 is 0 Å². The summed E-state index contributed by atoms with van der Waals surface area (Å²) >= 11 is 0. The van der Waals surface area contributed by atoms with Crippen LogP contribution in [0.1, 0.15) is 32.1 Å². The molecule has 3 rings (SSSR count). The number of nitrogens with one attached hydrogen (secondary N) is 1. The number of urea groups is 1. The topological polar surface area (TPSA) is 55.8 Å². The van der Waals surface area contributed by atoms with Gasteiger partial charge in [-0.2, -0.15) is 0 Å². The van der Waals surface area contributed by atoms with Crippen LogP contribution in [0.3, 0.4) is 0 Å². The van der Waals surface area contributed by atoms with Crippen LogP contribution < -0.4 is 5.32 Å². The summed E-state index contributed by atoms with van der Waals surface area (Å²) in [6.07, 6.45) is 4.62. The van der Waals surface area contributed by atoms with Crippen molar-refractivity contribution in [3.05, 3.63) is 0 Å². The molecular weight excluding hydrogens is 242 g/mol. The Morgan fingerprint density at radius 1 is 1.16 bits per heavy atom. The lowest BCUT2D eigenvalue weighted by Crippen LogP contribution is -2.41. The van der Waals surface area contributed by atoms with Gasteiger partial charge < -0.3 is 20.2 Å². The molecule has 108 valence electrons. The maximum atomic E-state index is 12.1. The van der Waals surface area contributed by atoms with Gasteiger partial charge in [-0.15, -0.1) is 0 Å². The Kier molecular flexibility index (Phi) is 3.67. The van der Waals surface area contributed by atoms with Gasteiger partial charge in [-0.25, -0.2) is 4.79 Å². The molecule has 0 spiro atoms. The van der Waals surface area contributed by atoms with Gasteiger partial charge in [0.25, 0.3) is 0 Å². The first-order chi connectivity index (χ1) is 9.13. The van der Waals surface area contributed by atoms with Crippen molar-refractivity contribution >= 4 is 6.03 Å². The van der Waals surface area contributed by atoms with Crippen molar-refractivity contribution in [2.24, 2.45) is 5.92 Å². The lowest BCUT2D eigenvalue weighted by atomic mass is 9.91. The number of nitrogens with zero attached hydrogens (tertiary/aromatic N) is 2. The fourth-order valence-corrected chi connectivity index (χ4v) is 3.83. The number of amides is 2. The molecule has 2 unspecified atom stereocenters. The van der Waals surface area contributed by atoms with Crippen molar-refractivity contribution in [1.29, 1.82) is 0 Å². The van der Waals surface area contributed by atoms with E-state index in [1.165, 1.54) is 6.42 Å². The van der Waals surface area contributed by atoms with Gasteiger partial charge in [-0.05, 0) is 51.6 Å². The van der Waals surface area contributed by atoms with E-state index in [9.17, 15) is 9.90 Å². The molecule has 5 nitrogen and oxygen atoms in total. The molecule has 2 amide bonds. The fraction of sp³-hybridized carbons (Fsp3) is 0.929. The zero-order valence-corrected chi connectivity index (χ0v) is 11.7. The van der Waals surface area contributed by atoms with Crippen LogP contribution in [0.4, 0.5) is 4.79 Å². The van der Waals surface area contributed by atoms with Crippen LogP contribution in [0, 0.1) is 5.92 Å². The molecule has 1 aliphatic carbocycles. The summed E-state index contributed by atoms with van der Waals surface area (Å²) in [5, 5.41) is 12.7. The Labute approximate surface area is 114 Å². The third kappa shape index (κ3) is 2.72. The first-order valence-corrected chi connectivity index (χ1v) is 7.57. The fourth-order valence-electron chi connectivity index (χ4n) is 3.83. The minimum Gasteiger partial charge on any atom is -0.393 e. The molecule has 0 aromatic carbocycles. The number of aliphatic hydroxyl groups is 1. The second kappa shape index (κ2) is 5.29. The summed E-state index contributed by atoms with van der Waals surface area (Å²) < 4.78 is 0. The van der Waals surface area contributed by atoms with Crippen LogP contribution in [0.2, 0.25) is 0 Å². The third-order valence-electron chi connectivity index (χ3n) is 5.07. The van der Waals surface area contributed by atoms with Crippen molar-refractivity contribution in [3.63, 3.8) is 0 Å². The van der Waals surface area contributed by atoms with Crippen molar-refractivity contribution in [3.8, 4) is 0 Å². The van der Waals surface area contributed by atoms with Crippen LogP contribution in [-0.4, -0.2) is 65.8 Å². The second-order valence-corrected chi connectivity index (χ2v) is 6.48. The quantitative estimate of drug-likeness (QED) is 0.772. The molecular formula is C14H25N3O2. The highest BCUT2D eigenvalue weighted by Crippen LogP contribution is 2.28. The maximum Gasteiger partial charge on any atom is 0.318 e. The predicted octanol–water partition coefficient (Wildman–Crippen LogP) is 0.635. The van der Waals surface area contributed by atoms with Crippen LogP contribution >= 0.6 is 0 Å². The van der Waals surface area contributed by atoms with E-state index in [0.29, 0.717) is 18.0 Å². The normalized spacial score (nSPS) is 40.7. The smallest absolute Gasteiger partial charge is 0.318 e. The maximum absolute atomic E-state index is 12.1. The lowest BCUT2D eigenvalue weighted by molar-refractivity contribution is 0.0901. The van der Waals surface area contributed by atoms with Crippen molar-refractivity contribution in [2.45, 2.75) is 50.3 Å². The lowest BCUT2D eigenvalue weighted by Gasteiger charge is -2.32. The highest BCUT2D eigenvalue weighted by Gasteiger charge is 2.40. The predicted molar refractivity (Wildman–Crippen MR) is 72.9 cm³/mol. The van der Waals surface area contributed by atoms with E-state index in [4.69, 9.17) is 0 Å². The molecule has 2 saturated heterocycles. The summed E-state index contributed by atoms with van der Waals surface area (Å²) in [6.45, 7) is 3.10. The number of carbonyl (C=O) groups is 1. The second-order valence-electron chi connectivity index (χ2n) is 6.48. The molecule has 2 heterocycles. The van der Waals surface area contributed by atoms with Crippen molar-refractivity contribution in [2.75, 3.05) is 26.7 Å². The van der Waals surface area contributed by atoms with Crippen LogP contribution in [0.15, 0.2) is 0 Å². The monoisotopic (exact) mass is 267 g/mol. The summed E-state index contributed by atoms with van der Waals surface area (Å²) in [6, 6.07) is 0.776. The largest absolute Gasteiger partial charge is 0.393 e. The molecule has 0 radical (unpaired) electrons. The molecule has 0 aromatic heterocycles. The van der Waals surface area contributed by atoms with E-state index in [0.717, 1.165) is 45.3 Å². The summed E-state index contributed by atoms with van der Waals surface area (Å²) in [4.78, 5) is 16.5. The highest BCUT2D eigenvalue weighted by atomic mass is 16.3. The van der Waals surface area contributed by atoms with Gasteiger partial charge in [0.1, 0.15) is 0 Å². The van der Waals surface area contributed by atoms with Gasteiger partial charge >= 0.3 is 6.03 Å². The van der Waals surface area contributed by atoms with E-state index < -0.39 is 0 Å². The molecule has 2 aliphatic heterocycles. The Hall–Kier alpha value is -0.810. The van der Waals surface area contributed by atoms with E-state index in [1.807, 2.05) is 4.90 Å². The van der Waals surface area contributed by atoms with Gasteiger partial charge in [0.05, 0.1) is 12.1 Å².